The maximum atomic E-state index is 11.1. The number of primary amides is 1. The van der Waals surface area contributed by atoms with Crippen LogP contribution in [0.3, 0.4) is 0 Å². The molecule has 5 heteroatoms. The molecule has 0 spiro atoms. The minimum atomic E-state index is -0.527. The predicted molar refractivity (Wildman–Crippen MR) is 69.8 cm³/mol. The normalized spacial score (nSPS) is 18.2. The summed E-state index contributed by atoms with van der Waals surface area (Å²) in [6, 6.07) is 11.7. The number of ether oxygens (including phenoxy) is 1. The number of aromatic nitrogens is 2. The van der Waals surface area contributed by atoms with Gasteiger partial charge in [-0.15, -0.1) is 0 Å². The molecule has 0 fully saturated rings. The molecule has 0 bridgehead atoms. The van der Waals surface area contributed by atoms with Crippen molar-refractivity contribution in [2.75, 3.05) is 0 Å². The van der Waals surface area contributed by atoms with E-state index in [1.807, 2.05) is 30.3 Å². The maximum absolute atomic E-state index is 11.1. The van der Waals surface area contributed by atoms with E-state index in [-0.39, 0.29) is 11.8 Å². The Morgan fingerprint density at radius 1 is 1.37 bits per heavy atom. The fourth-order valence-electron chi connectivity index (χ4n) is 2.31. The van der Waals surface area contributed by atoms with Crippen LogP contribution in [0.5, 0.6) is 5.88 Å². The van der Waals surface area contributed by atoms with Crippen LogP contribution in [0.2, 0.25) is 0 Å². The van der Waals surface area contributed by atoms with Crippen molar-refractivity contribution in [1.29, 1.82) is 0 Å². The molecule has 98 valence electrons. The van der Waals surface area contributed by atoms with Crippen molar-refractivity contribution in [3.05, 3.63) is 47.7 Å². The fourth-order valence-corrected chi connectivity index (χ4v) is 2.31. The third kappa shape index (κ3) is 2.31. The Hall–Kier alpha value is -2.30. The summed E-state index contributed by atoms with van der Waals surface area (Å²) in [4.78, 5) is 11.1. The number of rotatable bonds is 2. The van der Waals surface area contributed by atoms with Crippen molar-refractivity contribution in [3.8, 4) is 5.88 Å². The Morgan fingerprint density at radius 3 is 2.89 bits per heavy atom. The lowest BCUT2D eigenvalue weighted by Gasteiger charge is -2.15. The number of carbonyl (C=O) groups excluding carboxylic acids is 1. The molecule has 1 aromatic carbocycles. The van der Waals surface area contributed by atoms with Gasteiger partial charge in [0.25, 0.3) is 5.91 Å². The van der Waals surface area contributed by atoms with E-state index >= 15 is 0 Å². The van der Waals surface area contributed by atoms with Gasteiger partial charge in [-0.25, -0.2) is 4.68 Å². The van der Waals surface area contributed by atoms with Crippen LogP contribution in [0.25, 0.3) is 0 Å². The topological polar surface area (TPSA) is 70.1 Å². The fraction of sp³-hybridized carbons (Fsp3) is 0.286. The lowest BCUT2D eigenvalue weighted by molar-refractivity contribution is 0.0994. The number of nitrogens with zero attached hydrogens (tertiary/aromatic N) is 2. The molecule has 1 amide bonds. The third-order valence-electron chi connectivity index (χ3n) is 3.27. The highest BCUT2D eigenvalue weighted by atomic mass is 16.5. The molecule has 1 aliphatic rings. The van der Waals surface area contributed by atoms with Gasteiger partial charge in [0.1, 0.15) is 6.10 Å². The Labute approximate surface area is 111 Å². The van der Waals surface area contributed by atoms with Crippen LogP contribution in [-0.4, -0.2) is 15.7 Å². The highest BCUT2D eigenvalue weighted by Crippen LogP contribution is 2.30. The number of carbonyl (C=O) groups is 1. The average molecular weight is 257 g/mol. The maximum Gasteiger partial charge on any atom is 0.269 e. The van der Waals surface area contributed by atoms with E-state index in [1.165, 1.54) is 0 Å². The Kier molecular flexibility index (Phi) is 2.95. The van der Waals surface area contributed by atoms with E-state index in [0.29, 0.717) is 5.88 Å². The van der Waals surface area contributed by atoms with E-state index in [2.05, 4.69) is 5.10 Å². The minimum absolute atomic E-state index is 0.000114. The predicted octanol–water partition coefficient (Wildman–Crippen LogP) is 1.90. The highest BCUT2D eigenvalue weighted by molar-refractivity contribution is 5.91. The summed E-state index contributed by atoms with van der Waals surface area (Å²) < 4.78 is 7.68. The zero-order valence-electron chi connectivity index (χ0n) is 10.5. The van der Waals surface area contributed by atoms with Crippen molar-refractivity contribution in [3.63, 3.8) is 0 Å². The van der Waals surface area contributed by atoms with Crippen molar-refractivity contribution >= 4 is 5.91 Å². The van der Waals surface area contributed by atoms with Crippen molar-refractivity contribution in [2.45, 2.75) is 25.5 Å². The standard InChI is InChI=1S/C14H15N3O2/c15-14(18)11-9-13-17(16-11)8-4-7-12(19-13)10-5-2-1-3-6-10/h1-3,5-6,9,12H,4,7-8H2,(H2,15,18). The molecule has 0 aliphatic carbocycles. The molecule has 2 N–H and O–H groups in total. The number of amides is 1. The van der Waals surface area contributed by atoms with Crippen molar-refractivity contribution in [1.82, 2.24) is 9.78 Å². The molecule has 1 aliphatic heterocycles. The van der Waals surface area contributed by atoms with Crippen LogP contribution < -0.4 is 10.5 Å². The van der Waals surface area contributed by atoms with Gasteiger partial charge in [0.15, 0.2) is 5.69 Å². The van der Waals surface area contributed by atoms with Gasteiger partial charge in [0.05, 0.1) is 0 Å². The van der Waals surface area contributed by atoms with Gasteiger partial charge in [0, 0.05) is 12.6 Å². The first-order valence-electron chi connectivity index (χ1n) is 6.33. The molecule has 5 nitrogen and oxygen atoms in total. The Balaban J connectivity index is 1.90. The van der Waals surface area contributed by atoms with Gasteiger partial charge < -0.3 is 10.5 Å². The van der Waals surface area contributed by atoms with E-state index < -0.39 is 5.91 Å². The first kappa shape index (κ1) is 11.8. The summed E-state index contributed by atoms with van der Waals surface area (Å²) in [7, 11) is 0. The van der Waals surface area contributed by atoms with Crippen LogP contribution >= 0.6 is 0 Å². The lowest BCUT2D eigenvalue weighted by Crippen LogP contribution is -2.12. The van der Waals surface area contributed by atoms with E-state index in [0.717, 1.165) is 24.9 Å². The third-order valence-corrected chi connectivity index (χ3v) is 3.27. The number of hydrogen-bond acceptors (Lipinski definition) is 3. The molecule has 1 atom stereocenters. The zero-order chi connectivity index (χ0) is 13.2. The lowest BCUT2D eigenvalue weighted by atomic mass is 10.1. The first-order valence-corrected chi connectivity index (χ1v) is 6.33. The van der Waals surface area contributed by atoms with Gasteiger partial charge in [-0.05, 0) is 18.4 Å². The van der Waals surface area contributed by atoms with Crippen LogP contribution in [0.15, 0.2) is 36.4 Å². The monoisotopic (exact) mass is 257 g/mol. The average Bonchev–Trinajstić information content (AvgIpc) is 2.72. The molecule has 1 unspecified atom stereocenters. The van der Waals surface area contributed by atoms with Crippen molar-refractivity contribution < 1.29 is 9.53 Å². The summed E-state index contributed by atoms with van der Waals surface area (Å²) in [6.45, 7) is 0.742. The number of hydrogen-bond donors (Lipinski definition) is 1. The smallest absolute Gasteiger partial charge is 0.269 e. The van der Waals surface area contributed by atoms with E-state index in [9.17, 15) is 4.79 Å². The summed E-state index contributed by atoms with van der Waals surface area (Å²) in [5, 5.41) is 4.16. The van der Waals surface area contributed by atoms with E-state index in [1.54, 1.807) is 10.7 Å². The second-order valence-electron chi connectivity index (χ2n) is 4.61. The Morgan fingerprint density at radius 2 is 2.16 bits per heavy atom. The zero-order valence-corrected chi connectivity index (χ0v) is 10.5. The van der Waals surface area contributed by atoms with Gasteiger partial charge >= 0.3 is 0 Å². The molecular formula is C14H15N3O2. The highest BCUT2D eigenvalue weighted by Gasteiger charge is 2.21. The van der Waals surface area contributed by atoms with Gasteiger partial charge in [0.2, 0.25) is 5.88 Å². The van der Waals surface area contributed by atoms with Crippen LogP contribution in [0, 0.1) is 0 Å². The molecular weight excluding hydrogens is 242 g/mol. The van der Waals surface area contributed by atoms with Crippen LogP contribution in [0.1, 0.15) is 35.0 Å². The molecule has 0 saturated carbocycles. The SMILES string of the molecule is NC(=O)c1cc2n(n1)CCCC(c1ccccc1)O2. The van der Waals surface area contributed by atoms with Crippen LogP contribution in [-0.2, 0) is 6.54 Å². The molecule has 3 rings (SSSR count). The minimum Gasteiger partial charge on any atom is -0.470 e. The molecule has 2 aromatic rings. The van der Waals surface area contributed by atoms with Crippen molar-refractivity contribution in [2.24, 2.45) is 5.73 Å². The first-order chi connectivity index (χ1) is 9.24. The number of fused-ring (bicyclic) bond motifs is 1. The summed E-state index contributed by atoms with van der Waals surface area (Å²) >= 11 is 0. The number of nitrogens with two attached hydrogens (primary N) is 1. The van der Waals surface area contributed by atoms with E-state index in [4.69, 9.17) is 10.5 Å². The number of benzene rings is 1. The van der Waals surface area contributed by atoms with Crippen LogP contribution in [0.4, 0.5) is 0 Å². The largest absolute Gasteiger partial charge is 0.470 e. The second kappa shape index (κ2) is 4.76. The van der Waals surface area contributed by atoms with Gasteiger partial charge in [-0.3, -0.25) is 4.79 Å². The molecule has 2 heterocycles. The Bertz CT molecular complexity index is 592. The van der Waals surface area contributed by atoms with Gasteiger partial charge in [-0.2, -0.15) is 5.10 Å². The quantitative estimate of drug-likeness (QED) is 0.893. The summed E-state index contributed by atoms with van der Waals surface area (Å²) in [6.07, 6.45) is 1.88. The summed E-state index contributed by atoms with van der Waals surface area (Å²) in [5.41, 5.74) is 6.63. The second-order valence-corrected chi connectivity index (χ2v) is 4.61. The molecule has 0 saturated heterocycles. The number of aryl methyl sites for hydroxylation is 1. The summed E-state index contributed by atoms with van der Waals surface area (Å²) in [5.74, 6) is 0.0839. The molecule has 19 heavy (non-hydrogen) atoms. The van der Waals surface area contributed by atoms with Gasteiger partial charge in [-0.1, -0.05) is 30.3 Å². The molecule has 1 aromatic heterocycles. The molecule has 0 radical (unpaired) electrons.